The van der Waals surface area contributed by atoms with Crippen LogP contribution in [0.4, 0.5) is 0 Å². The Kier molecular flexibility index (Phi) is 5.84. The Morgan fingerprint density at radius 1 is 0.354 bits per heavy atom. The van der Waals surface area contributed by atoms with Crippen LogP contribution in [-0.2, 0) is 0 Å². The average Bonchev–Trinajstić information content (AvgIpc) is 3.72. The van der Waals surface area contributed by atoms with Crippen molar-refractivity contribution in [2.75, 3.05) is 0 Å². The van der Waals surface area contributed by atoms with Gasteiger partial charge in [-0.1, -0.05) is 121 Å². The van der Waals surface area contributed by atoms with Crippen LogP contribution in [0.3, 0.4) is 0 Å². The van der Waals surface area contributed by atoms with Crippen molar-refractivity contribution < 1.29 is 8.83 Å². The van der Waals surface area contributed by atoms with Crippen LogP contribution >= 0.6 is 0 Å². The number of benzene rings is 7. The maximum atomic E-state index is 6.35. The fourth-order valence-electron chi connectivity index (χ4n) is 7.01. The Labute approximate surface area is 275 Å². The summed E-state index contributed by atoms with van der Waals surface area (Å²) in [5.74, 6) is 0.668. The molecule has 10 aromatic rings. The standard InChI is InChI=1S/C44H26N2O2/c1-2-10-28(11-3-1)36-26-37(33-16-9-19-40-43(33)34-14-6-7-17-38(34)47-40)46-44(45-36)29-22-20-27(21-23-29)32-15-8-18-39-42(32)35-24-30-12-4-5-13-31(30)25-41(35)48-39/h1-26H. The van der Waals surface area contributed by atoms with Gasteiger partial charge in [0.25, 0.3) is 0 Å². The van der Waals surface area contributed by atoms with E-state index in [0.717, 1.165) is 83.1 Å². The van der Waals surface area contributed by atoms with Crippen LogP contribution in [0.2, 0.25) is 0 Å². The maximum Gasteiger partial charge on any atom is 0.160 e. The molecule has 0 aliphatic rings. The summed E-state index contributed by atoms with van der Waals surface area (Å²) in [7, 11) is 0. The van der Waals surface area contributed by atoms with Crippen LogP contribution in [0, 0.1) is 0 Å². The minimum Gasteiger partial charge on any atom is -0.456 e. The molecule has 48 heavy (non-hydrogen) atoms. The first-order valence-electron chi connectivity index (χ1n) is 16.1. The Bertz CT molecular complexity index is 2830. The van der Waals surface area contributed by atoms with Gasteiger partial charge in [-0.3, -0.25) is 0 Å². The molecule has 0 bridgehead atoms. The smallest absolute Gasteiger partial charge is 0.160 e. The SMILES string of the molecule is c1ccc(-c2cc(-c3cccc4oc5ccccc5c34)nc(-c3ccc(-c4cccc5oc6cc7ccccc7cc6c45)cc3)n2)cc1. The molecule has 0 amide bonds. The normalized spacial score (nSPS) is 11.8. The minimum atomic E-state index is 0.668. The summed E-state index contributed by atoms with van der Waals surface area (Å²) in [6.07, 6.45) is 0. The molecule has 0 fully saturated rings. The highest BCUT2D eigenvalue weighted by Gasteiger charge is 2.17. The molecule has 0 atom stereocenters. The van der Waals surface area contributed by atoms with Gasteiger partial charge in [0, 0.05) is 38.2 Å². The zero-order valence-corrected chi connectivity index (χ0v) is 25.7. The predicted octanol–water partition coefficient (Wildman–Crippen LogP) is 12.1. The van der Waals surface area contributed by atoms with E-state index in [0.29, 0.717) is 5.82 Å². The Balaban J connectivity index is 1.13. The highest BCUT2D eigenvalue weighted by Crippen LogP contribution is 2.40. The molecule has 10 rings (SSSR count). The van der Waals surface area contributed by atoms with Gasteiger partial charge in [-0.15, -0.1) is 0 Å². The largest absolute Gasteiger partial charge is 0.456 e. The van der Waals surface area contributed by atoms with Gasteiger partial charge < -0.3 is 8.83 Å². The van der Waals surface area contributed by atoms with Crippen LogP contribution in [0.5, 0.6) is 0 Å². The maximum absolute atomic E-state index is 6.35. The van der Waals surface area contributed by atoms with Crippen molar-refractivity contribution in [1.82, 2.24) is 9.97 Å². The summed E-state index contributed by atoms with van der Waals surface area (Å²) in [5, 5.41) is 6.74. The van der Waals surface area contributed by atoms with Gasteiger partial charge in [-0.2, -0.15) is 0 Å². The van der Waals surface area contributed by atoms with Crippen LogP contribution in [0.15, 0.2) is 167 Å². The van der Waals surface area contributed by atoms with E-state index >= 15 is 0 Å². The average molecular weight is 615 g/mol. The molecule has 0 unspecified atom stereocenters. The van der Waals surface area contributed by atoms with Gasteiger partial charge >= 0.3 is 0 Å². The number of furan rings is 2. The molecular weight excluding hydrogens is 588 g/mol. The van der Waals surface area contributed by atoms with Crippen molar-refractivity contribution in [3.8, 4) is 45.0 Å². The predicted molar refractivity (Wildman–Crippen MR) is 196 cm³/mol. The Morgan fingerprint density at radius 2 is 0.958 bits per heavy atom. The van der Waals surface area contributed by atoms with E-state index in [1.165, 1.54) is 10.8 Å². The number of rotatable bonds is 4. The lowest BCUT2D eigenvalue weighted by molar-refractivity contribution is 0.669. The number of hydrogen-bond acceptors (Lipinski definition) is 4. The molecule has 3 heterocycles. The van der Waals surface area contributed by atoms with Crippen molar-refractivity contribution in [2.45, 2.75) is 0 Å². The lowest BCUT2D eigenvalue weighted by atomic mass is 9.97. The third-order valence-corrected chi connectivity index (χ3v) is 9.29. The highest BCUT2D eigenvalue weighted by atomic mass is 16.3. The molecular formula is C44H26N2O2. The van der Waals surface area contributed by atoms with E-state index in [1.54, 1.807) is 0 Å². The summed E-state index contributed by atoms with van der Waals surface area (Å²) in [6, 6.07) is 54.3. The second-order valence-electron chi connectivity index (χ2n) is 12.2. The van der Waals surface area contributed by atoms with Gasteiger partial charge in [0.05, 0.1) is 11.4 Å². The first-order chi connectivity index (χ1) is 23.8. The van der Waals surface area contributed by atoms with Gasteiger partial charge in [0.2, 0.25) is 0 Å². The summed E-state index contributed by atoms with van der Waals surface area (Å²) in [5.41, 5.74) is 10.4. The summed E-state index contributed by atoms with van der Waals surface area (Å²) in [6.45, 7) is 0. The lowest BCUT2D eigenvalue weighted by Crippen LogP contribution is -1.96. The van der Waals surface area contributed by atoms with E-state index in [1.807, 2.05) is 54.6 Å². The molecule has 224 valence electrons. The first-order valence-corrected chi connectivity index (χ1v) is 16.1. The van der Waals surface area contributed by atoms with Crippen molar-refractivity contribution in [2.24, 2.45) is 0 Å². The van der Waals surface area contributed by atoms with Crippen molar-refractivity contribution >= 4 is 54.6 Å². The second kappa shape index (κ2) is 10.5. The number of nitrogens with zero attached hydrogens (tertiary/aromatic N) is 2. The zero-order chi connectivity index (χ0) is 31.6. The molecule has 0 saturated heterocycles. The molecule has 4 nitrogen and oxygen atoms in total. The summed E-state index contributed by atoms with van der Waals surface area (Å²) in [4.78, 5) is 10.3. The molecule has 0 N–H and O–H groups in total. The molecule has 7 aromatic carbocycles. The van der Waals surface area contributed by atoms with Gasteiger partial charge in [-0.05, 0) is 58.3 Å². The quantitative estimate of drug-likeness (QED) is 0.198. The molecule has 4 heteroatoms. The van der Waals surface area contributed by atoms with E-state index in [-0.39, 0.29) is 0 Å². The first kappa shape index (κ1) is 26.7. The summed E-state index contributed by atoms with van der Waals surface area (Å²) >= 11 is 0. The number of para-hydroxylation sites is 1. The van der Waals surface area contributed by atoms with Crippen molar-refractivity contribution in [1.29, 1.82) is 0 Å². The fraction of sp³-hybridized carbons (Fsp3) is 0. The van der Waals surface area contributed by atoms with Crippen LogP contribution < -0.4 is 0 Å². The van der Waals surface area contributed by atoms with Gasteiger partial charge in [-0.25, -0.2) is 9.97 Å². The van der Waals surface area contributed by atoms with Crippen LogP contribution in [-0.4, -0.2) is 9.97 Å². The lowest BCUT2D eigenvalue weighted by Gasteiger charge is -2.11. The fourth-order valence-corrected chi connectivity index (χ4v) is 7.01. The third-order valence-electron chi connectivity index (χ3n) is 9.29. The molecule has 0 aliphatic heterocycles. The molecule has 0 saturated carbocycles. The van der Waals surface area contributed by atoms with Gasteiger partial charge in [0.15, 0.2) is 5.82 Å². The number of aromatic nitrogens is 2. The number of fused-ring (bicyclic) bond motifs is 7. The zero-order valence-electron chi connectivity index (χ0n) is 25.7. The number of hydrogen-bond donors (Lipinski definition) is 0. The van der Waals surface area contributed by atoms with Crippen molar-refractivity contribution in [3.63, 3.8) is 0 Å². The molecule has 0 radical (unpaired) electrons. The topological polar surface area (TPSA) is 52.1 Å². The van der Waals surface area contributed by atoms with E-state index in [9.17, 15) is 0 Å². The third kappa shape index (κ3) is 4.24. The van der Waals surface area contributed by atoms with E-state index in [4.69, 9.17) is 18.8 Å². The molecule has 3 aromatic heterocycles. The molecule has 0 aliphatic carbocycles. The second-order valence-corrected chi connectivity index (χ2v) is 12.2. The highest BCUT2D eigenvalue weighted by molar-refractivity contribution is 6.16. The van der Waals surface area contributed by atoms with E-state index in [2.05, 4.69) is 103 Å². The van der Waals surface area contributed by atoms with Crippen molar-refractivity contribution in [3.05, 3.63) is 158 Å². The van der Waals surface area contributed by atoms with Crippen LogP contribution in [0.25, 0.3) is 99.7 Å². The van der Waals surface area contributed by atoms with E-state index < -0.39 is 0 Å². The van der Waals surface area contributed by atoms with Gasteiger partial charge in [0.1, 0.15) is 22.3 Å². The summed E-state index contributed by atoms with van der Waals surface area (Å²) < 4.78 is 12.6. The van der Waals surface area contributed by atoms with Crippen LogP contribution in [0.1, 0.15) is 0 Å². The monoisotopic (exact) mass is 614 g/mol. The Morgan fingerprint density at radius 3 is 1.77 bits per heavy atom. The Hall–Kier alpha value is -6.52. The molecule has 0 spiro atoms. The minimum absolute atomic E-state index is 0.668.